The summed E-state index contributed by atoms with van der Waals surface area (Å²) in [5, 5.41) is 20.7. The first-order valence-electron chi connectivity index (χ1n) is 7.26. The summed E-state index contributed by atoms with van der Waals surface area (Å²) in [6.45, 7) is -0.418. The number of carbonyl (C=O) groups is 3. The molecule has 24 heavy (non-hydrogen) atoms. The number of fused-ring (bicyclic) bond motifs is 5. The van der Waals surface area contributed by atoms with Crippen molar-refractivity contribution in [3.05, 3.63) is 40.9 Å². The standard InChI is InChI=1S/C16H12ClNO6/c17-9-2-1-7(5-8(9)15(22)23)18-13(20)11-10-3-4-16(6-19,24-10)12(11)14(18)21/h1-5,10-12,19H,6H2,(H,22,23)/p-1/t10-,11-,12-,16+/m0/s1. The topological polar surface area (TPSA) is 107 Å². The van der Waals surface area contributed by atoms with Crippen molar-refractivity contribution in [2.75, 3.05) is 11.5 Å². The molecule has 0 aromatic heterocycles. The number of aliphatic hydroxyl groups excluding tert-OH is 1. The molecule has 3 heterocycles. The second-order valence-corrected chi connectivity index (χ2v) is 6.43. The maximum atomic E-state index is 12.8. The molecule has 3 aliphatic rings. The van der Waals surface area contributed by atoms with E-state index >= 15 is 0 Å². The Labute approximate surface area is 141 Å². The average molecular weight is 349 g/mol. The van der Waals surface area contributed by atoms with Crippen molar-refractivity contribution in [1.29, 1.82) is 0 Å². The number of carboxylic acid groups (broad SMARTS) is 1. The van der Waals surface area contributed by atoms with Gasteiger partial charge in [0.1, 0.15) is 5.60 Å². The highest BCUT2D eigenvalue weighted by Crippen LogP contribution is 2.52. The van der Waals surface area contributed by atoms with Gasteiger partial charge >= 0.3 is 0 Å². The van der Waals surface area contributed by atoms with Gasteiger partial charge in [-0.25, -0.2) is 4.90 Å². The van der Waals surface area contributed by atoms with Gasteiger partial charge in [0.05, 0.1) is 36.2 Å². The van der Waals surface area contributed by atoms with Crippen LogP contribution in [0.5, 0.6) is 0 Å². The lowest BCUT2D eigenvalue weighted by Crippen LogP contribution is -2.43. The Morgan fingerprint density at radius 2 is 2.12 bits per heavy atom. The van der Waals surface area contributed by atoms with Crippen LogP contribution >= 0.6 is 11.6 Å². The molecule has 2 fully saturated rings. The minimum absolute atomic E-state index is 0.0464. The number of halogens is 1. The Bertz CT molecular complexity index is 821. The maximum absolute atomic E-state index is 12.8. The van der Waals surface area contributed by atoms with Gasteiger partial charge in [0.2, 0.25) is 11.8 Å². The number of hydrogen-bond acceptors (Lipinski definition) is 6. The van der Waals surface area contributed by atoms with Crippen molar-refractivity contribution < 1.29 is 29.3 Å². The number of rotatable bonds is 3. The lowest BCUT2D eigenvalue weighted by Gasteiger charge is -2.26. The molecule has 4 rings (SSSR count). The summed E-state index contributed by atoms with van der Waals surface area (Å²) in [6, 6.07) is 3.83. The first kappa shape index (κ1) is 15.3. The molecular weight excluding hydrogens is 338 g/mol. The molecule has 2 saturated heterocycles. The monoisotopic (exact) mass is 348 g/mol. The summed E-state index contributed by atoms with van der Waals surface area (Å²) in [4.78, 5) is 37.6. The number of aromatic carboxylic acids is 1. The highest BCUT2D eigenvalue weighted by atomic mass is 35.5. The summed E-state index contributed by atoms with van der Waals surface area (Å²) in [5.74, 6) is -4.07. The lowest BCUT2D eigenvalue weighted by molar-refractivity contribution is -0.255. The SMILES string of the molecule is O=C([O-])c1cc(N2C(=O)[C@H]3[C@@H]4C=C[C@](CO)(O4)[C@@H]3C2=O)ccc1Cl. The van der Waals surface area contributed by atoms with Gasteiger partial charge < -0.3 is 19.7 Å². The molecule has 1 aromatic rings. The molecule has 124 valence electrons. The zero-order valence-electron chi connectivity index (χ0n) is 12.1. The van der Waals surface area contributed by atoms with Gasteiger partial charge in [-0.15, -0.1) is 0 Å². The molecule has 2 bridgehead atoms. The maximum Gasteiger partial charge on any atom is 0.241 e. The van der Waals surface area contributed by atoms with Crippen LogP contribution in [0.15, 0.2) is 30.4 Å². The molecule has 8 heteroatoms. The Balaban J connectivity index is 1.77. The Kier molecular flexibility index (Phi) is 3.12. The van der Waals surface area contributed by atoms with Crippen molar-refractivity contribution in [3.8, 4) is 0 Å². The van der Waals surface area contributed by atoms with E-state index < -0.39 is 47.9 Å². The van der Waals surface area contributed by atoms with Crippen molar-refractivity contribution in [2.24, 2.45) is 11.8 Å². The Morgan fingerprint density at radius 3 is 2.79 bits per heavy atom. The number of benzene rings is 1. The van der Waals surface area contributed by atoms with Crippen LogP contribution < -0.4 is 10.0 Å². The molecule has 7 nitrogen and oxygen atoms in total. The second kappa shape index (κ2) is 4.89. The van der Waals surface area contributed by atoms with E-state index in [1.54, 1.807) is 12.2 Å². The van der Waals surface area contributed by atoms with E-state index in [-0.39, 0.29) is 16.3 Å². The van der Waals surface area contributed by atoms with Crippen LogP contribution in [-0.4, -0.2) is 41.2 Å². The van der Waals surface area contributed by atoms with E-state index in [1.807, 2.05) is 0 Å². The fourth-order valence-electron chi connectivity index (χ4n) is 3.75. The predicted molar refractivity (Wildman–Crippen MR) is 79.1 cm³/mol. The number of amides is 2. The van der Waals surface area contributed by atoms with Crippen LogP contribution in [0.4, 0.5) is 5.69 Å². The van der Waals surface area contributed by atoms with Crippen LogP contribution in [0.1, 0.15) is 10.4 Å². The van der Waals surface area contributed by atoms with Crippen LogP contribution in [0, 0.1) is 11.8 Å². The summed E-state index contributed by atoms with van der Waals surface area (Å²) in [5.41, 5.74) is -1.39. The van der Waals surface area contributed by atoms with Gasteiger partial charge in [-0.05, 0) is 18.2 Å². The molecule has 0 unspecified atom stereocenters. The minimum atomic E-state index is -1.50. The second-order valence-electron chi connectivity index (χ2n) is 6.02. The van der Waals surface area contributed by atoms with Crippen molar-refractivity contribution >= 4 is 35.1 Å². The number of ether oxygens (including phenoxy) is 1. The summed E-state index contributed by atoms with van der Waals surface area (Å²) < 4.78 is 5.63. The molecule has 4 atom stereocenters. The summed E-state index contributed by atoms with van der Waals surface area (Å²) in [7, 11) is 0. The summed E-state index contributed by atoms with van der Waals surface area (Å²) in [6.07, 6.45) is 2.71. The van der Waals surface area contributed by atoms with Crippen LogP contribution in [0.2, 0.25) is 5.02 Å². The van der Waals surface area contributed by atoms with Gasteiger partial charge in [-0.3, -0.25) is 9.59 Å². The fourth-order valence-corrected chi connectivity index (χ4v) is 3.94. The molecular formula is C16H11ClNO6-. The van der Waals surface area contributed by atoms with Gasteiger partial charge in [0, 0.05) is 10.6 Å². The smallest absolute Gasteiger partial charge is 0.241 e. The molecule has 1 aromatic carbocycles. The number of anilines is 1. The van der Waals surface area contributed by atoms with Gasteiger partial charge in [0.15, 0.2) is 0 Å². The number of nitrogens with zero attached hydrogens (tertiary/aromatic N) is 1. The van der Waals surface area contributed by atoms with E-state index in [1.165, 1.54) is 12.1 Å². The summed E-state index contributed by atoms with van der Waals surface area (Å²) >= 11 is 5.80. The van der Waals surface area contributed by atoms with Gasteiger partial charge in [-0.1, -0.05) is 23.8 Å². The number of aliphatic hydroxyl groups is 1. The first-order valence-corrected chi connectivity index (χ1v) is 7.64. The fraction of sp³-hybridized carbons (Fsp3) is 0.312. The third-order valence-corrected chi connectivity index (χ3v) is 5.16. The predicted octanol–water partition coefficient (Wildman–Crippen LogP) is -0.491. The highest BCUT2D eigenvalue weighted by Gasteiger charge is 2.67. The molecule has 0 saturated carbocycles. The normalized spacial score (nSPS) is 33.4. The molecule has 0 radical (unpaired) electrons. The Morgan fingerprint density at radius 1 is 1.38 bits per heavy atom. The third-order valence-electron chi connectivity index (χ3n) is 4.83. The zero-order chi connectivity index (χ0) is 17.2. The van der Waals surface area contributed by atoms with Crippen molar-refractivity contribution in [2.45, 2.75) is 11.7 Å². The average Bonchev–Trinajstić information content (AvgIpc) is 3.19. The molecule has 0 aliphatic carbocycles. The van der Waals surface area contributed by atoms with E-state index in [0.29, 0.717) is 0 Å². The first-order chi connectivity index (χ1) is 11.4. The largest absolute Gasteiger partial charge is 0.545 e. The number of carbonyl (C=O) groups excluding carboxylic acids is 3. The minimum Gasteiger partial charge on any atom is -0.545 e. The highest BCUT2D eigenvalue weighted by molar-refractivity contribution is 6.33. The van der Waals surface area contributed by atoms with E-state index in [4.69, 9.17) is 16.3 Å². The number of hydrogen-bond donors (Lipinski definition) is 1. The molecule has 0 spiro atoms. The van der Waals surface area contributed by atoms with E-state index in [0.717, 1.165) is 11.0 Å². The van der Waals surface area contributed by atoms with Crippen LogP contribution in [-0.2, 0) is 14.3 Å². The quantitative estimate of drug-likeness (QED) is 0.583. The van der Waals surface area contributed by atoms with E-state index in [9.17, 15) is 24.6 Å². The van der Waals surface area contributed by atoms with Crippen molar-refractivity contribution in [3.63, 3.8) is 0 Å². The lowest BCUT2D eigenvalue weighted by atomic mass is 9.77. The number of imide groups is 1. The third kappa shape index (κ3) is 1.77. The zero-order valence-corrected chi connectivity index (χ0v) is 12.9. The van der Waals surface area contributed by atoms with Gasteiger partial charge in [0.25, 0.3) is 0 Å². The van der Waals surface area contributed by atoms with Crippen LogP contribution in [0.3, 0.4) is 0 Å². The van der Waals surface area contributed by atoms with Crippen LogP contribution in [0.25, 0.3) is 0 Å². The van der Waals surface area contributed by atoms with Crippen molar-refractivity contribution in [1.82, 2.24) is 0 Å². The van der Waals surface area contributed by atoms with E-state index in [2.05, 4.69) is 0 Å². The molecule has 2 amide bonds. The molecule has 3 aliphatic heterocycles. The number of carboxylic acids is 1. The Hall–Kier alpha value is -2.22. The van der Waals surface area contributed by atoms with Gasteiger partial charge in [-0.2, -0.15) is 0 Å². The molecule has 1 N–H and O–H groups in total.